The van der Waals surface area contributed by atoms with Gasteiger partial charge in [-0.25, -0.2) is 13.2 Å². The van der Waals surface area contributed by atoms with E-state index in [2.05, 4.69) is 17.2 Å². The van der Waals surface area contributed by atoms with Gasteiger partial charge in [0, 0.05) is 23.3 Å². The predicted octanol–water partition coefficient (Wildman–Crippen LogP) is 5.52. The first-order valence-corrected chi connectivity index (χ1v) is 13.7. The molecular formula is C27H25Cl2N3O6S. The van der Waals surface area contributed by atoms with Gasteiger partial charge < -0.3 is 15.4 Å². The van der Waals surface area contributed by atoms with Crippen molar-refractivity contribution in [1.29, 1.82) is 0 Å². The van der Waals surface area contributed by atoms with Crippen LogP contribution in [0.1, 0.15) is 24.2 Å². The number of hydrogen-bond donors (Lipinski definition) is 2. The number of carbonyl (C=O) groups is 3. The summed E-state index contributed by atoms with van der Waals surface area (Å²) < 4.78 is 33.4. The second kappa shape index (κ2) is 12.8. The molecule has 12 heteroatoms. The summed E-state index contributed by atoms with van der Waals surface area (Å²) in [6.45, 7) is 6.30. The summed E-state index contributed by atoms with van der Waals surface area (Å²) in [5.41, 5.74) is 1.17. The summed E-state index contributed by atoms with van der Waals surface area (Å²) in [5, 5.41) is 5.53. The van der Waals surface area contributed by atoms with E-state index in [0.717, 1.165) is 10.4 Å². The summed E-state index contributed by atoms with van der Waals surface area (Å²) in [5.74, 6) is -1.77. The number of hydrogen-bond acceptors (Lipinski definition) is 6. The summed E-state index contributed by atoms with van der Waals surface area (Å²) in [6, 6.07) is 16.2. The molecule has 0 bridgehead atoms. The highest BCUT2D eigenvalue weighted by molar-refractivity contribution is 7.93. The van der Waals surface area contributed by atoms with E-state index < -0.39 is 28.0 Å². The van der Waals surface area contributed by atoms with Crippen molar-refractivity contribution in [2.24, 2.45) is 0 Å². The molecule has 3 aromatic rings. The molecule has 1 atom stereocenters. The van der Waals surface area contributed by atoms with Crippen molar-refractivity contribution >= 4 is 68.1 Å². The quantitative estimate of drug-likeness (QED) is 0.237. The van der Waals surface area contributed by atoms with Crippen LogP contribution in [0.4, 0.5) is 17.1 Å². The molecule has 0 saturated carbocycles. The third kappa shape index (κ3) is 7.60. The average Bonchev–Trinajstić information content (AvgIpc) is 2.88. The molecule has 204 valence electrons. The van der Waals surface area contributed by atoms with Crippen LogP contribution in [0.3, 0.4) is 0 Å². The van der Waals surface area contributed by atoms with E-state index in [1.54, 1.807) is 36.4 Å². The predicted molar refractivity (Wildman–Crippen MR) is 152 cm³/mol. The lowest BCUT2D eigenvalue weighted by Gasteiger charge is -2.24. The number of esters is 1. The van der Waals surface area contributed by atoms with Crippen molar-refractivity contribution in [2.75, 3.05) is 21.5 Å². The van der Waals surface area contributed by atoms with Crippen LogP contribution >= 0.6 is 23.2 Å². The van der Waals surface area contributed by atoms with Gasteiger partial charge in [-0.3, -0.25) is 13.9 Å². The van der Waals surface area contributed by atoms with Crippen LogP contribution in [0.5, 0.6) is 0 Å². The lowest BCUT2D eigenvalue weighted by Crippen LogP contribution is -2.32. The van der Waals surface area contributed by atoms with Crippen LogP contribution in [0.25, 0.3) is 0 Å². The maximum atomic E-state index is 13.5. The number of ether oxygens (including phenoxy) is 1. The number of anilines is 3. The highest BCUT2D eigenvalue weighted by Crippen LogP contribution is 2.30. The highest BCUT2D eigenvalue weighted by atomic mass is 35.5. The lowest BCUT2D eigenvalue weighted by atomic mass is 10.2. The molecule has 3 rings (SSSR count). The zero-order valence-corrected chi connectivity index (χ0v) is 23.3. The fourth-order valence-corrected chi connectivity index (χ4v) is 5.44. The Hall–Kier alpha value is -3.86. The number of rotatable bonds is 10. The van der Waals surface area contributed by atoms with Crippen LogP contribution in [0, 0.1) is 0 Å². The van der Waals surface area contributed by atoms with Gasteiger partial charge in [-0.2, -0.15) is 0 Å². The van der Waals surface area contributed by atoms with E-state index >= 15 is 0 Å². The molecular weight excluding hydrogens is 565 g/mol. The number of nitrogens with one attached hydrogen (secondary N) is 2. The van der Waals surface area contributed by atoms with Crippen molar-refractivity contribution in [2.45, 2.75) is 24.8 Å². The molecule has 0 radical (unpaired) electrons. The molecule has 2 N–H and O–H groups in total. The minimum absolute atomic E-state index is 0.0715. The third-order valence-electron chi connectivity index (χ3n) is 5.27. The Kier molecular flexibility index (Phi) is 9.74. The summed E-state index contributed by atoms with van der Waals surface area (Å²) in [6.07, 6.45) is 0.195. The Morgan fingerprint density at radius 3 is 2.13 bits per heavy atom. The molecule has 0 aliphatic carbocycles. The molecule has 0 spiro atoms. The van der Waals surface area contributed by atoms with Crippen LogP contribution in [-0.2, 0) is 24.3 Å². The average molecular weight is 590 g/mol. The van der Waals surface area contributed by atoms with Crippen LogP contribution in [0.2, 0.25) is 10.0 Å². The largest absolute Gasteiger partial charge is 0.449 e. The minimum Gasteiger partial charge on any atom is -0.449 e. The number of amides is 2. The van der Waals surface area contributed by atoms with E-state index in [9.17, 15) is 22.8 Å². The smallest absolute Gasteiger partial charge is 0.338 e. The zero-order chi connectivity index (χ0) is 28.7. The molecule has 0 aromatic heterocycles. The van der Waals surface area contributed by atoms with E-state index in [0.29, 0.717) is 22.1 Å². The van der Waals surface area contributed by atoms with E-state index in [1.165, 1.54) is 44.2 Å². The normalized spacial score (nSPS) is 11.7. The topological polar surface area (TPSA) is 122 Å². The van der Waals surface area contributed by atoms with Crippen molar-refractivity contribution < 1.29 is 27.5 Å². The minimum atomic E-state index is -4.24. The summed E-state index contributed by atoms with van der Waals surface area (Å²) in [4.78, 5) is 36.2. The fraction of sp³-hybridized carbons (Fsp3) is 0.148. The number of benzene rings is 3. The van der Waals surface area contributed by atoms with Gasteiger partial charge in [0.25, 0.3) is 15.9 Å². The molecule has 0 aliphatic heterocycles. The number of halogens is 2. The van der Waals surface area contributed by atoms with Gasteiger partial charge in [0.15, 0.2) is 6.10 Å². The van der Waals surface area contributed by atoms with Crippen molar-refractivity contribution in [3.8, 4) is 0 Å². The third-order valence-corrected chi connectivity index (χ3v) is 7.80. The Bertz CT molecular complexity index is 1490. The maximum absolute atomic E-state index is 13.5. The first kappa shape index (κ1) is 29.7. The molecule has 0 unspecified atom stereocenters. The van der Waals surface area contributed by atoms with Crippen molar-refractivity contribution in [3.63, 3.8) is 0 Å². The van der Waals surface area contributed by atoms with Crippen LogP contribution < -0.4 is 14.9 Å². The maximum Gasteiger partial charge on any atom is 0.338 e. The molecule has 0 heterocycles. The van der Waals surface area contributed by atoms with E-state index in [-0.39, 0.29) is 27.9 Å². The van der Waals surface area contributed by atoms with E-state index in [4.69, 9.17) is 27.9 Å². The molecule has 2 amide bonds. The Morgan fingerprint density at radius 1 is 0.974 bits per heavy atom. The Balaban J connectivity index is 1.77. The second-order valence-corrected chi connectivity index (χ2v) is 10.9. The van der Waals surface area contributed by atoms with Crippen LogP contribution in [-0.4, -0.2) is 38.9 Å². The van der Waals surface area contributed by atoms with E-state index in [1.807, 2.05) is 0 Å². The number of carbonyl (C=O) groups excluding carboxylic acids is 3. The molecule has 0 saturated heterocycles. The molecule has 39 heavy (non-hydrogen) atoms. The standard InChI is InChI=1S/C27H25Cl2N3O6S/c1-4-15-32(23-12-6-20(28)7-13-23)39(36,37)25-16-19(5-14-24(25)29)27(35)38-17(2)26(34)31-22-10-8-21(9-11-22)30-18(3)33/h4-14,16-17H,1,15H2,2-3H3,(H,30,33)(H,31,34)/t17-/m1/s1. The SMILES string of the molecule is C=CCN(c1ccc(Cl)cc1)S(=O)(=O)c1cc(C(=O)O[C@H](C)C(=O)Nc2ccc(NC(C)=O)cc2)ccc1Cl. The van der Waals surface area contributed by atoms with Gasteiger partial charge >= 0.3 is 5.97 Å². The van der Waals surface area contributed by atoms with Crippen molar-refractivity contribution in [3.05, 3.63) is 95.0 Å². The lowest BCUT2D eigenvalue weighted by molar-refractivity contribution is -0.123. The number of nitrogens with zero attached hydrogens (tertiary/aromatic N) is 1. The Labute approximate surface area is 236 Å². The molecule has 3 aromatic carbocycles. The zero-order valence-electron chi connectivity index (χ0n) is 21.0. The van der Waals surface area contributed by atoms with Gasteiger partial charge in [0.05, 0.1) is 22.8 Å². The highest BCUT2D eigenvalue weighted by Gasteiger charge is 2.28. The van der Waals surface area contributed by atoms with Gasteiger partial charge in [0.1, 0.15) is 4.90 Å². The van der Waals surface area contributed by atoms with Crippen molar-refractivity contribution in [1.82, 2.24) is 0 Å². The monoisotopic (exact) mass is 589 g/mol. The second-order valence-electron chi connectivity index (χ2n) is 8.24. The first-order chi connectivity index (χ1) is 18.4. The summed E-state index contributed by atoms with van der Waals surface area (Å²) in [7, 11) is -4.24. The fourth-order valence-electron chi connectivity index (χ4n) is 3.38. The van der Waals surface area contributed by atoms with Crippen LogP contribution in [0.15, 0.2) is 84.3 Å². The Morgan fingerprint density at radius 2 is 1.56 bits per heavy atom. The van der Waals surface area contributed by atoms with Gasteiger partial charge in [-0.1, -0.05) is 29.3 Å². The molecule has 9 nitrogen and oxygen atoms in total. The molecule has 0 aliphatic rings. The molecule has 0 fully saturated rings. The van der Waals surface area contributed by atoms with Gasteiger partial charge in [0.2, 0.25) is 5.91 Å². The van der Waals surface area contributed by atoms with Gasteiger partial charge in [-0.05, 0) is 73.7 Å². The van der Waals surface area contributed by atoms with Gasteiger partial charge in [-0.15, -0.1) is 6.58 Å². The first-order valence-electron chi connectivity index (χ1n) is 11.5. The summed E-state index contributed by atoms with van der Waals surface area (Å²) >= 11 is 12.2. The number of sulfonamides is 1.